The highest BCUT2D eigenvalue weighted by atomic mass is 16.5. The second-order valence-electron chi connectivity index (χ2n) is 7.86. The molecule has 6 heteroatoms. The van der Waals surface area contributed by atoms with E-state index in [2.05, 4.69) is 30.2 Å². The number of fused-ring (bicyclic) bond motifs is 1. The van der Waals surface area contributed by atoms with Gasteiger partial charge >= 0.3 is 0 Å². The van der Waals surface area contributed by atoms with Crippen LogP contribution >= 0.6 is 0 Å². The Bertz CT molecular complexity index is 788. The van der Waals surface area contributed by atoms with Crippen LogP contribution in [0.4, 0.5) is 0 Å². The van der Waals surface area contributed by atoms with Crippen molar-refractivity contribution in [1.82, 2.24) is 14.7 Å². The molecule has 0 saturated carbocycles. The number of likely N-dealkylation sites (tertiary alicyclic amines) is 1. The Labute approximate surface area is 154 Å². The molecule has 140 valence electrons. The van der Waals surface area contributed by atoms with Gasteiger partial charge in [0.1, 0.15) is 0 Å². The summed E-state index contributed by atoms with van der Waals surface area (Å²) in [6.07, 6.45) is 4.19. The average Bonchev–Trinajstić information content (AvgIpc) is 3.09. The molecule has 0 spiro atoms. The molecule has 2 N–H and O–H groups in total. The van der Waals surface area contributed by atoms with Crippen molar-refractivity contribution in [2.75, 3.05) is 32.8 Å². The molecule has 2 aliphatic heterocycles. The van der Waals surface area contributed by atoms with Crippen LogP contribution in [-0.2, 0) is 13.6 Å². The van der Waals surface area contributed by atoms with E-state index in [-0.39, 0.29) is 5.41 Å². The third kappa shape index (κ3) is 3.44. The zero-order valence-electron chi connectivity index (χ0n) is 15.7. The van der Waals surface area contributed by atoms with Crippen LogP contribution in [0, 0.1) is 5.41 Å². The van der Waals surface area contributed by atoms with Crippen molar-refractivity contribution in [2.24, 2.45) is 18.2 Å². The SMILES string of the molecule is Cn1cc(CN2CCC(C)(CN)C2)c(-c2ccc3c(c2)OCCCO3)n1. The van der Waals surface area contributed by atoms with Gasteiger partial charge in [-0.25, -0.2) is 0 Å². The lowest BCUT2D eigenvalue weighted by atomic mass is 9.90. The van der Waals surface area contributed by atoms with E-state index < -0.39 is 0 Å². The number of aryl methyl sites for hydroxylation is 1. The van der Waals surface area contributed by atoms with E-state index in [9.17, 15) is 0 Å². The van der Waals surface area contributed by atoms with Gasteiger partial charge in [0, 0.05) is 43.9 Å². The van der Waals surface area contributed by atoms with Gasteiger partial charge in [-0.3, -0.25) is 9.58 Å². The first kappa shape index (κ1) is 17.4. The zero-order valence-corrected chi connectivity index (χ0v) is 15.7. The third-order valence-corrected chi connectivity index (χ3v) is 5.45. The van der Waals surface area contributed by atoms with E-state index >= 15 is 0 Å². The summed E-state index contributed by atoms with van der Waals surface area (Å²) in [5, 5.41) is 4.72. The number of nitrogens with zero attached hydrogens (tertiary/aromatic N) is 3. The fourth-order valence-corrected chi connectivity index (χ4v) is 3.88. The van der Waals surface area contributed by atoms with Gasteiger partial charge in [-0.2, -0.15) is 5.10 Å². The molecule has 1 fully saturated rings. The summed E-state index contributed by atoms with van der Waals surface area (Å²) < 4.78 is 13.5. The van der Waals surface area contributed by atoms with Gasteiger partial charge in [-0.1, -0.05) is 6.92 Å². The molecule has 3 heterocycles. The Morgan fingerprint density at radius 3 is 2.81 bits per heavy atom. The van der Waals surface area contributed by atoms with Gasteiger partial charge in [0.25, 0.3) is 0 Å². The van der Waals surface area contributed by atoms with Crippen molar-refractivity contribution in [3.05, 3.63) is 30.0 Å². The van der Waals surface area contributed by atoms with Crippen LogP contribution in [0.5, 0.6) is 11.5 Å². The molecule has 1 aromatic carbocycles. The molecular formula is C20H28N4O2. The summed E-state index contributed by atoms with van der Waals surface area (Å²) in [5.41, 5.74) is 9.52. The van der Waals surface area contributed by atoms with E-state index in [1.165, 1.54) is 5.56 Å². The van der Waals surface area contributed by atoms with Crippen LogP contribution in [0.15, 0.2) is 24.4 Å². The second kappa shape index (κ2) is 6.93. The van der Waals surface area contributed by atoms with Gasteiger partial charge in [-0.15, -0.1) is 0 Å². The van der Waals surface area contributed by atoms with Crippen LogP contribution in [0.1, 0.15) is 25.3 Å². The third-order valence-electron chi connectivity index (χ3n) is 5.45. The normalized spacial score (nSPS) is 23.2. The van der Waals surface area contributed by atoms with E-state index in [0.717, 1.165) is 61.8 Å². The Kier molecular flexibility index (Phi) is 4.63. The minimum Gasteiger partial charge on any atom is -0.490 e. The zero-order chi connectivity index (χ0) is 18.1. The minimum atomic E-state index is 0.234. The quantitative estimate of drug-likeness (QED) is 0.911. The first-order valence-electron chi connectivity index (χ1n) is 9.41. The molecule has 0 aliphatic carbocycles. The average molecular weight is 356 g/mol. The Morgan fingerprint density at radius 1 is 1.23 bits per heavy atom. The lowest BCUT2D eigenvalue weighted by Crippen LogP contribution is -2.31. The largest absolute Gasteiger partial charge is 0.490 e. The predicted molar refractivity (Wildman–Crippen MR) is 101 cm³/mol. The number of hydrogen-bond donors (Lipinski definition) is 1. The Hall–Kier alpha value is -2.05. The van der Waals surface area contributed by atoms with E-state index in [1.54, 1.807) is 0 Å². The molecule has 6 nitrogen and oxygen atoms in total. The number of aromatic nitrogens is 2. The van der Waals surface area contributed by atoms with Crippen molar-refractivity contribution in [1.29, 1.82) is 0 Å². The summed E-state index contributed by atoms with van der Waals surface area (Å²) in [4.78, 5) is 2.48. The van der Waals surface area contributed by atoms with Crippen molar-refractivity contribution in [3.8, 4) is 22.8 Å². The molecule has 26 heavy (non-hydrogen) atoms. The molecule has 0 radical (unpaired) electrons. The van der Waals surface area contributed by atoms with Crippen molar-refractivity contribution < 1.29 is 9.47 Å². The monoisotopic (exact) mass is 356 g/mol. The Morgan fingerprint density at radius 2 is 2.04 bits per heavy atom. The van der Waals surface area contributed by atoms with Gasteiger partial charge in [0.15, 0.2) is 11.5 Å². The fourth-order valence-electron chi connectivity index (χ4n) is 3.88. The molecular weight excluding hydrogens is 328 g/mol. The number of hydrogen-bond acceptors (Lipinski definition) is 5. The van der Waals surface area contributed by atoms with Gasteiger partial charge in [0.05, 0.1) is 18.9 Å². The molecule has 1 unspecified atom stereocenters. The second-order valence-corrected chi connectivity index (χ2v) is 7.86. The molecule has 0 bridgehead atoms. The highest BCUT2D eigenvalue weighted by Gasteiger charge is 2.32. The number of nitrogens with two attached hydrogens (primary N) is 1. The van der Waals surface area contributed by atoms with Gasteiger partial charge in [0.2, 0.25) is 0 Å². The standard InChI is InChI=1S/C20H28N4O2/c1-20(13-21)6-7-24(14-20)12-16-11-23(2)22-19(16)15-4-5-17-18(10-15)26-9-3-8-25-17/h4-5,10-11H,3,6-9,12-14,21H2,1-2H3. The van der Waals surface area contributed by atoms with Crippen LogP contribution < -0.4 is 15.2 Å². The molecule has 2 aromatic rings. The first-order chi connectivity index (χ1) is 12.6. The summed E-state index contributed by atoms with van der Waals surface area (Å²) in [6.45, 7) is 7.44. The number of benzene rings is 1. The maximum absolute atomic E-state index is 5.96. The Balaban J connectivity index is 1.59. The van der Waals surface area contributed by atoms with Gasteiger partial charge < -0.3 is 15.2 Å². The molecule has 1 saturated heterocycles. The summed E-state index contributed by atoms with van der Waals surface area (Å²) in [6, 6.07) is 6.13. The summed E-state index contributed by atoms with van der Waals surface area (Å²) >= 11 is 0. The fraction of sp³-hybridized carbons (Fsp3) is 0.550. The number of ether oxygens (including phenoxy) is 2. The first-order valence-corrected chi connectivity index (χ1v) is 9.41. The van der Waals surface area contributed by atoms with Crippen molar-refractivity contribution in [3.63, 3.8) is 0 Å². The maximum atomic E-state index is 5.96. The summed E-state index contributed by atoms with van der Waals surface area (Å²) in [7, 11) is 1.98. The van der Waals surface area contributed by atoms with Gasteiger partial charge in [-0.05, 0) is 43.1 Å². The topological polar surface area (TPSA) is 65.5 Å². The predicted octanol–water partition coefficient (Wildman–Crippen LogP) is 2.42. The smallest absolute Gasteiger partial charge is 0.161 e. The highest BCUT2D eigenvalue weighted by molar-refractivity contribution is 5.66. The highest BCUT2D eigenvalue weighted by Crippen LogP contribution is 2.36. The molecule has 1 atom stereocenters. The molecule has 1 aromatic heterocycles. The number of rotatable bonds is 4. The van der Waals surface area contributed by atoms with Crippen LogP contribution in [0.2, 0.25) is 0 Å². The lowest BCUT2D eigenvalue weighted by molar-refractivity contribution is 0.274. The van der Waals surface area contributed by atoms with Crippen LogP contribution in [0.25, 0.3) is 11.3 Å². The minimum absolute atomic E-state index is 0.234. The van der Waals surface area contributed by atoms with Crippen LogP contribution in [0.3, 0.4) is 0 Å². The maximum Gasteiger partial charge on any atom is 0.161 e. The van der Waals surface area contributed by atoms with Crippen molar-refractivity contribution in [2.45, 2.75) is 26.3 Å². The van der Waals surface area contributed by atoms with E-state index in [1.807, 2.05) is 17.8 Å². The summed E-state index contributed by atoms with van der Waals surface area (Å²) in [5.74, 6) is 1.63. The molecule has 2 aliphatic rings. The van der Waals surface area contributed by atoms with Crippen LogP contribution in [-0.4, -0.2) is 47.5 Å². The lowest BCUT2D eigenvalue weighted by Gasteiger charge is -2.22. The molecule has 4 rings (SSSR count). The van der Waals surface area contributed by atoms with Crippen molar-refractivity contribution >= 4 is 0 Å². The van der Waals surface area contributed by atoms with E-state index in [4.69, 9.17) is 20.3 Å². The molecule has 0 amide bonds. The van der Waals surface area contributed by atoms with E-state index in [0.29, 0.717) is 13.2 Å².